The SMILES string of the molecule is NS(=O)(=O)c1cc(NCCN2CCc3c(Cl)cccc3C2)cc([N+](=O)[O-])c1. The van der Waals surface area contributed by atoms with Gasteiger partial charge in [-0.1, -0.05) is 23.7 Å². The van der Waals surface area contributed by atoms with Crippen LogP contribution in [0.3, 0.4) is 0 Å². The van der Waals surface area contributed by atoms with Crippen LogP contribution in [0, 0.1) is 10.1 Å². The summed E-state index contributed by atoms with van der Waals surface area (Å²) in [4.78, 5) is 12.3. The Bertz CT molecular complexity index is 981. The van der Waals surface area contributed by atoms with Gasteiger partial charge in [-0.3, -0.25) is 15.0 Å². The van der Waals surface area contributed by atoms with Crippen LogP contribution in [-0.4, -0.2) is 37.9 Å². The summed E-state index contributed by atoms with van der Waals surface area (Å²) < 4.78 is 23.1. The zero-order valence-corrected chi connectivity index (χ0v) is 16.0. The maximum atomic E-state index is 11.5. The Hall–Kier alpha value is -2.20. The van der Waals surface area contributed by atoms with Gasteiger partial charge in [-0.05, 0) is 29.7 Å². The molecule has 1 aliphatic heterocycles. The quantitative estimate of drug-likeness (QED) is 0.557. The number of non-ortho nitro benzene ring substituents is 1. The largest absolute Gasteiger partial charge is 0.384 e. The van der Waals surface area contributed by atoms with Crippen molar-refractivity contribution >= 4 is 33.0 Å². The average Bonchev–Trinajstić information content (AvgIpc) is 2.61. The first-order valence-electron chi connectivity index (χ1n) is 8.29. The second-order valence-corrected chi connectivity index (χ2v) is 8.32. The van der Waals surface area contributed by atoms with E-state index < -0.39 is 14.9 Å². The first-order valence-corrected chi connectivity index (χ1v) is 10.2. The maximum Gasteiger partial charge on any atom is 0.272 e. The number of nitro benzene ring substituents is 1. The van der Waals surface area contributed by atoms with Crippen LogP contribution in [0.15, 0.2) is 41.3 Å². The fourth-order valence-corrected chi connectivity index (χ4v) is 3.99. The lowest BCUT2D eigenvalue weighted by Crippen LogP contribution is -2.34. The van der Waals surface area contributed by atoms with E-state index in [4.69, 9.17) is 16.7 Å². The van der Waals surface area contributed by atoms with Crippen LogP contribution in [0.2, 0.25) is 5.02 Å². The molecule has 0 saturated heterocycles. The van der Waals surface area contributed by atoms with Gasteiger partial charge in [-0.2, -0.15) is 0 Å². The number of nitrogens with zero attached hydrogens (tertiary/aromatic N) is 2. The van der Waals surface area contributed by atoms with Crippen molar-refractivity contribution in [3.63, 3.8) is 0 Å². The third kappa shape index (κ3) is 4.75. The van der Waals surface area contributed by atoms with Crippen LogP contribution in [-0.2, 0) is 23.0 Å². The van der Waals surface area contributed by atoms with Crippen molar-refractivity contribution in [3.05, 3.63) is 62.7 Å². The lowest BCUT2D eigenvalue weighted by molar-refractivity contribution is -0.385. The second kappa shape index (κ2) is 7.81. The Morgan fingerprint density at radius 3 is 2.78 bits per heavy atom. The van der Waals surface area contributed by atoms with Gasteiger partial charge >= 0.3 is 0 Å². The van der Waals surface area contributed by atoms with Crippen LogP contribution >= 0.6 is 11.6 Å². The van der Waals surface area contributed by atoms with Crippen molar-refractivity contribution in [1.29, 1.82) is 0 Å². The number of hydrogen-bond acceptors (Lipinski definition) is 6. The minimum Gasteiger partial charge on any atom is -0.384 e. The van der Waals surface area contributed by atoms with E-state index in [9.17, 15) is 18.5 Å². The summed E-state index contributed by atoms with van der Waals surface area (Å²) >= 11 is 6.22. The Balaban J connectivity index is 1.66. The molecule has 0 atom stereocenters. The van der Waals surface area contributed by atoms with Gasteiger partial charge in [0.2, 0.25) is 10.0 Å². The highest BCUT2D eigenvalue weighted by Gasteiger charge is 2.19. The first-order chi connectivity index (χ1) is 12.7. The molecule has 0 aromatic heterocycles. The summed E-state index contributed by atoms with van der Waals surface area (Å²) in [5.41, 5.74) is 2.39. The van der Waals surface area contributed by atoms with Crippen LogP contribution in [0.25, 0.3) is 0 Å². The van der Waals surface area contributed by atoms with Gasteiger partial charge in [0.1, 0.15) is 0 Å². The molecule has 0 saturated carbocycles. The number of fused-ring (bicyclic) bond motifs is 1. The van der Waals surface area contributed by atoms with Gasteiger partial charge in [0.05, 0.1) is 9.82 Å². The van der Waals surface area contributed by atoms with E-state index in [1.165, 1.54) is 23.3 Å². The molecule has 27 heavy (non-hydrogen) atoms. The Morgan fingerprint density at radius 1 is 1.30 bits per heavy atom. The lowest BCUT2D eigenvalue weighted by Gasteiger charge is -2.29. The molecule has 0 bridgehead atoms. The fraction of sp³-hybridized carbons (Fsp3) is 0.294. The number of benzene rings is 2. The van der Waals surface area contributed by atoms with Crippen LogP contribution < -0.4 is 10.5 Å². The molecule has 8 nitrogen and oxygen atoms in total. The highest BCUT2D eigenvalue weighted by molar-refractivity contribution is 7.89. The molecule has 0 radical (unpaired) electrons. The number of primary sulfonamides is 1. The molecule has 2 aromatic rings. The number of sulfonamides is 1. The number of anilines is 1. The molecule has 3 rings (SSSR count). The predicted molar refractivity (Wildman–Crippen MR) is 103 cm³/mol. The predicted octanol–water partition coefficient (Wildman–Crippen LogP) is 2.37. The summed E-state index contributed by atoms with van der Waals surface area (Å²) in [5.74, 6) is 0. The van der Waals surface area contributed by atoms with E-state index in [1.807, 2.05) is 12.1 Å². The Labute approximate surface area is 162 Å². The fourth-order valence-electron chi connectivity index (χ4n) is 3.13. The average molecular weight is 411 g/mol. The first kappa shape index (κ1) is 19.6. The third-order valence-electron chi connectivity index (χ3n) is 4.48. The van der Waals surface area contributed by atoms with Gasteiger partial charge in [0.25, 0.3) is 5.69 Å². The molecule has 3 N–H and O–H groups in total. The van der Waals surface area contributed by atoms with E-state index in [0.717, 1.165) is 30.6 Å². The standard InChI is InChI=1S/C17H19ClN4O4S/c18-17-3-1-2-12-11-21(6-4-16(12)17)7-5-20-13-8-14(22(23)24)10-15(9-13)27(19,25)26/h1-3,8-10,20H,4-7,11H2,(H2,19,25,26). The van der Waals surface area contributed by atoms with Crippen LogP contribution in [0.5, 0.6) is 0 Å². The van der Waals surface area contributed by atoms with Crippen LogP contribution in [0.4, 0.5) is 11.4 Å². The number of nitro groups is 1. The number of nitrogens with two attached hydrogens (primary N) is 1. The highest BCUT2D eigenvalue weighted by Crippen LogP contribution is 2.26. The molecule has 1 heterocycles. The van der Waals surface area contributed by atoms with E-state index in [-0.39, 0.29) is 10.6 Å². The van der Waals surface area contributed by atoms with E-state index in [0.29, 0.717) is 18.8 Å². The molecule has 2 aromatic carbocycles. The summed E-state index contributed by atoms with van der Waals surface area (Å²) in [6.45, 7) is 2.82. The Morgan fingerprint density at radius 2 is 2.07 bits per heavy atom. The molecule has 144 valence electrons. The molecular weight excluding hydrogens is 392 g/mol. The highest BCUT2D eigenvalue weighted by atomic mass is 35.5. The topological polar surface area (TPSA) is 119 Å². The minimum atomic E-state index is -4.03. The maximum absolute atomic E-state index is 11.5. The van der Waals surface area contributed by atoms with Gasteiger partial charge < -0.3 is 5.32 Å². The van der Waals surface area contributed by atoms with Crippen molar-refractivity contribution in [2.75, 3.05) is 25.0 Å². The monoisotopic (exact) mass is 410 g/mol. The number of nitrogens with one attached hydrogen (secondary N) is 1. The molecule has 0 amide bonds. The van der Waals surface area contributed by atoms with Gasteiger partial charge in [-0.15, -0.1) is 0 Å². The normalized spacial score (nSPS) is 14.6. The molecule has 1 aliphatic rings. The molecular formula is C17H19ClN4O4S. The van der Waals surface area contributed by atoms with Crippen molar-refractivity contribution in [2.45, 2.75) is 17.9 Å². The summed E-state index contributed by atoms with van der Waals surface area (Å²) in [7, 11) is -4.03. The van der Waals surface area contributed by atoms with E-state index >= 15 is 0 Å². The summed E-state index contributed by atoms with van der Waals surface area (Å²) in [6.07, 6.45) is 0.862. The zero-order valence-electron chi connectivity index (χ0n) is 14.4. The van der Waals surface area contributed by atoms with Crippen molar-refractivity contribution in [3.8, 4) is 0 Å². The second-order valence-electron chi connectivity index (χ2n) is 6.35. The molecule has 10 heteroatoms. The van der Waals surface area contributed by atoms with Crippen LogP contribution in [0.1, 0.15) is 11.1 Å². The molecule has 0 aliphatic carbocycles. The lowest BCUT2D eigenvalue weighted by atomic mass is 10.00. The molecule has 0 unspecified atom stereocenters. The number of rotatable bonds is 6. The molecule has 0 fully saturated rings. The van der Waals surface area contributed by atoms with E-state index in [2.05, 4.69) is 16.3 Å². The van der Waals surface area contributed by atoms with Gasteiger partial charge in [0.15, 0.2) is 0 Å². The molecule has 0 spiro atoms. The van der Waals surface area contributed by atoms with Crippen molar-refractivity contribution < 1.29 is 13.3 Å². The van der Waals surface area contributed by atoms with Crippen molar-refractivity contribution in [1.82, 2.24) is 4.90 Å². The van der Waals surface area contributed by atoms with Crippen molar-refractivity contribution in [2.24, 2.45) is 5.14 Å². The van der Waals surface area contributed by atoms with Gasteiger partial charge in [0, 0.05) is 49.0 Å². The third-order valence-corrected chi connectivity index (χ3v) is 5.72. The summed E-state index contributed by atoms with van der Waals surface area (Å²) in [6, 6.07) is 9.42. The zero-order chi connectivity index (χ0) is 19.6. The Kier molecular flexibility index (Phi) is 5.66. The smallest absolute Gasteiger partial charge is 0.272 e. The summed E-state index contributed by atoms with van der Waals surface area (Å²) in [5, 5.41) is 20.0. The number of halogens is 1. The van der Waals surface area contributed by atoms with Gasteiger partial charge in [-0.25, -0.2) is 13.6 Å². The van der Waals surface area contributed by atoms with E-state index in [1.54, 1.807) is 0 Å². The number of hydrogen-bond donors (Lipinski definition) is 2. The minimum absolute atomic E-state index is 0.291.